The SMILES string of the molecule is CCCCCCCCCCNC(P(=O)(O)O)P(=O)(O)O. The van der Waals surface area contributed by atoms with E-state index < -0.39 is 20.7 Å². The first-order chi connectivity index (χ1) is 9.19. The van der Waals surface area contributed by atoms with Crippen LogP contribution in [0.1, 0.15) is 58.3 Å². The molecule has 0 aliphatic heterocycles. The van der Waals surface area contributed by atoms with Crippen molar-refractivity contribution < 1.29 is 28.7 Å². The molecule has 7 nitrogen and oxygen atoms in total. The first-order valence-electron chi connectivity index (χ1n) is 7.03. The molecule has 0 atom stereocenters. The van der Waals surface area contributed by atoms with Gasteiger partial charge in [-0.25, -0.2) is 0 Å². The predicted octanol–water partition coefficient (Wildman–Crippen LogP) is 2.36. The van der Waals surface area contributed by atoms with Crippen LogP contribution < -0.4 is 5.32 Å². The van der Waals surface area contributed by atoms with Crippen LogP contribution in [0, 0.1) is 0 Å². The molecule has 0 heterocycles. The molecule has 0 fully saturated rings. The molecule has 0 aromatic heterocycles. The van der Waals surface area contributed by atoms with Gasteiger partial charge in [0, 0.05) is 0 Å². The second-order valence-electron chi connectivity index (χ2n) is 4.98. The molecule has 0 aromatic carbocycles. The lowest BCUT2D eigenvalue weighted by Crippen LogP contribution is -2.29. The summed E-state index contributed by atoms with van der Waals surface area (Å²) in [5.41, 5.74) is -2.08. The molecule has 0 spiro atoms. The Morgan fingerprint density at radius 3 is 1.60 bits per heavy atom. The van der Waals surface area contributed by atoms with Gasteiger partial charge in [-0.3, -0.25) is 14.4 Å². The van der Waals surface area contributed by atoms with Gasteiger partial charge >= 0.3 is 15.2 Å². The minimum atomic E-state index is -4.85. The van der Waals surface area contributed by atoms with E-state index in [0.717, 1.165) is 19.3 Å². The van der Waals surface area contributed by atoms with E-state index in [1.54, 1.807) is 0 Å². The third-order valence-electron chi connectivity index (χ3n) is 2.99. The summed E-state index contributed by atoms with van der Waals surface area (Å²) in [7, 11) is -9.69. The van der Waals surface area contributed by atoms with Crippen LogP contribution in [0.15, 0.2) is 0 Å². The van der Waals surface area contributed by atoms with Crippen molar-refractivity contribution in [3.05, 3.63) is 0 Å². The summed E-state index contributed by atoms with van der Waals surface area (Å²) in [5, 5.41) is 2.28. The van der Waals surface area contributed by atoms with Gasteiger partial charge in [0.2, 0.25) is 5.52 Å². The summed E-state index contributed by atoms with van der Waals surface area (Å²) in [6, 6.07) is 0. The van der Waals surface area contributed by atoms with Crippen molar-refractivity contribution in [2.75, 3.05) is 6.54 Å². The molecule has 0 saturated heterocycles. The Morgan fingerprint density at radius 2 is 1.20 bits per heavy atom. The largest absolute Gasteiger partial charge is 0.354 e. The molecule has 122 valence electrons. The van der Waals surface area contributed by atoms with E-state index in [9.17, 15) is 9.13 Å². The number of hydrogen-bond donors (Lipinski definition) is 5. The molecule has 0 rings (SSSR count). The van der Waals surface area contributed by atoms with Crippen LogP contribution in [0.4, 0.5) is 0 Å². The highest BCUT2D eigenvalue weighted by Gasteiger charge is 2.42. The molecule has 5 N–H and O–H groups in total. The monoisotopic (exact) mass is 331 g/mol. The quantitative estimate of drug-likeness (QED) is 0.274. The maximum atomic E-state index is 11.0. The highest BCUT2D eigenvalue weighted by Crippen LogP contribution is 2.58. The van der Waals surface area contributed by atoms with Crippen LogP contribution in [0.3, 0.4) is 0 Å². The number of unbranched alkanes of at least 4 members (excludes halogenated alkanes) is 7. The molecular formula is C11H27NO6P2. The number of rotatable bonds is 12. The molecule has 0 bridgehead atoms. The van der Waals surface area contributed by atoms with Gasteiger partial charge < -0.3 is 19.6 Å². The molecule has 9 heteroatoms. The van der Waals surface area contributed by atoms with E-state index >= 15 is 0 Å². The molecule has 0 radical (unpaired) electrons. The van der Waals surface area contributed by atoms with Gasteiger partial charge in [0.25, 0.3) is 0 Å². The molecule has 0 aliphatic rings. The zero-order valence-electron chi connectivity index (χ0n) is 11.9. The minimum absolute atomic E-state index is 0.190. The van der Waals surface area contributed by atoms with Gasteiger partial charge in [-0.2, -0.15) is 0 Å². The summed E-state index contributed by atoms with van der Waals surface area (Å²) in [4.78, 5) is 35.6. The fraction of sp³-hybridized carbons (Fsp3) is 1.00. The zero-order chi connectivity index (χ0) is 15.6. The zero-order valence-corrected chi connectivity index (χ0v) is 13.7. The third kappa shape index (κ3) is 10.1. The second kappa shape index (κ2) is 10.1. The molecule has 0 aliphatic carbocycles. The highest BCUT2D eigenvalue weighted by molar-refractivity contribution is 7.70. The molecule has 0 saturated carbocycles. The van der Waals surface area contributed by atoms with Gasteiger partial charge in [0.15, 0.2) is 0 Å². The van der Waals surface area contributed by atoms with E-state index in [1.165, 1.54) is 25.7 Å². The van der Waals surface area contributed by atoms with Crippen molar-refractivity contribution in [2.24, 2.45) is 0 Å². The Kier molecular flexibility index (Phi) is 10.2. The van der Waals surface area contributed by atoms with Crippen LogP contribution >= 0.6 is 15.2 Å². The molecule has 0 amide bonds. The van der Waals surface area contributed by atoms with Gasteiger partial charge in [-0.15, -0.1) is 0 Å². The van der Waals surface area contributed by atoms with Gasteiger partial charge in [-0.1, -0.05) is 51.9 Å². The minimum Gasteiger partial charge on any atom is -0.323 e. The fourth-order valence-electron chi connectivity index (χ4n) is 1.92. The Hall–Kier alpha value is 0.260. The van der Waals surface area contributed by atoms with Crippen LogP contribution in [0.5, 0.6) is 0 Å². The summed E-state index contributed by atoms with van der Waals surface area (Å²) < 4.78 is 22.0. The topological polar surface area (TPSA) is 127 Å². The molecule has 0 aromatic rings. The van der Waals surface area contributed by atoms with Crippen molar-refractivity contribution in [3.8, 4) is 0 Å². The lowest BCUT2D eigenvalue weighted by molar-refractivity contribution is 0.327. The molecular weight excluding hydrogens is 304 g/mol. The lowest BCUT2D eigenvalue weighted by atomic mass is 10.1. The number of hydrogen-bond acceptors (Lipinski definition) is 3. The maximum absolute atomic E-state index is 11.0. The summed E-state index contributed by atoms with van der Waals surface area (Å²) in [6.07, 6.45) is 8.55. The van der Waals surface area contributed by atoms with E-state index in [0.29, 0.717) is 6.42 Å². The average Bonchev–Trinajstić information content (AvgIpc) is 2.28. The van der Waals surface area contributed by atoms with Crippen molar-refractivity contribution in [2.45, 2.75) is 63.8 Å². The Balaban J connectivity index is 3.77. The highest BCUT2D eigenvalue weighted by atomic mass is 31.2. The van der Waals surface area contributed by atoms with E-state index in [2.05, 4.69) is 12.2 Å². The summed E-state index contributed by atoms with van der Waals surface area (Å²) in [5.74, 6) is 0. The molecule has 20 heavy (non-hydrogen) atoms. The van der Waals surface area contributed by atoms with Crippen LogP contribution in [0.2, 0.25) is 0 Å². The third-order valence-corrected chi connectivity index (χ3v) is 6.44. The van der Waals surface area contributed by atoms with Crippen LogP contribution in [-0.2, 0) is 9.13 Å². The number of nitrogens with one attached hydrogen (secondary N) is 1. The Morgan fingerprint density at radius 1 is 0.800 bits per heavy atom. The molecule has 0 unspecified atom stereocenters. The summed E-state index contributed by atoms with van der Waals surface area (Å²) >= 11 is 0. The summed E-state index contributed by atoms with van der Waals surface area (Å²) in [6.45, 7) is 2.35. The van der Waals surface area contributed by atoms with Crippen LogP contribution in [-0.4, -0.2) is 31.6 Å². The Labute approximate surface area is 120 Å². The fourth-order valence-corrected chi connectivity index (χ4v) is 4.23. The second-order valence-corrected chi connectivity index (χ2v) is 8.78. The standard InChI is InChI=1S/C11H27NO6P2/c1-2-3-4-5-6-7-8-9-10-12-11(19(13,14)15)20(16,17)18/h11-12H,2-10H2,1H3,(H2,13,14,15)(H2,16,17,18). The van der Waals surface area contributed by atoms with E-state index in [4.69, 9.17) is 19.6 Å². The van der Waals surface area contributed by atoms with Crippen molar-refractivity contribution in [1.29, 1.82) is 0 Å². The lowest BCUT2D eigenvalue weighted by Gasteiger charge is -2.20. The van der Waals surface area contributed by atoms with E-state index in [-0.39, 0.29) is 6.54 Å². The van der Waals surface area contributed by atoms with Crippen LogP contribution in [0.25, 0.3) is 0 Å². The van der Waals surface area contributed by atoms with Gasteiger partial charge in [-0.05, 0) is 13.0 Å². The normalized spacial score (nSPS) is 13.1. The first kappa shape index (κ1) is 20.3. The van der Waals surface area contributed by atoms with Crippen molar-refractivity contribution in [3.63, 3.8) is 0 Å². The maximum Gasteiger partial charge on any atom is 0.354 e. The van der Waals surface area contributed by atoms with Crippen molar-refractivity contribution >= 4 is 15.2 Å². The predicted molar refractivity (Wildman–Crippen MR) is 78.5 cm³/mol. The van der Waals surface area contributed by atoms with Gasteiger partial charge in [0.05, 0.1) is 0 Å². The first-order valence-corrected chi connectivity index (χ1v) is 10.4. The van der Waals surface area contributed by atoms with E-state index in [1.807, 2.05) is 0 Å². The average molecular weight is 331 g/mol. The smallest absolute Gasteiger partial charge is 0.323 e. The van der Waals surface area contributed by atoms with Gasteiger partial charge in [0.1, 0.15) is 0 Å². The van der Waals surface area contributed by atoms with Crippen molar-refractivity contribution in [1.82, 2.24) is 5.32 Å². The Bertz CT molecular complexity index is 318.